The van der Waals surface area contributed by atoms with Gasteiger partial charge in [-0.3, -0.25) is 39.1 Å². The Balaban J connectivity index is 0.000000149. The van der Waals surface area contributed by atoms with Gasteiger partial charge in [-0.2, -0.15) is 0 Å². The zero-order valence-electron chi connectivity index (χ0n) is 58.7. The summed E-state index contributed by atoms with van der Waals surface area (Å²) in [4.78, 5) is 67.4. The third kappa shape index (κ3) is 19.7. The van der Waals surface area contributed by atoms with Gasteiger partial charge in [0.05, 0.1) is 22.1 Å². The highest BCUT2D eigenvalue weighted by molar-refractivity contribution is 5.87. The Kier molecular flexibility index (Phi) is 27.8. The highest BCUT2D eigenvalue weighted by Gasteiger charge is 2.43. The quantitative estimate of drug-likeness (QED) is 0.0388. The highest BCUT2D eigenvalue weighted by atomic mass is 16.1. The number of hydrogen-bond donors (Lipinski definition) is 0. The highest BCUT2D eigenvalue weighted by Crippen LogP contribution is 2.47. The molecule has 4 aromatic heterocycles. The van der Waals surface area contributed by atoms with Crippen molar-refractivity contribution in [2.45, 2.75) is 215 Å². The maximum atomic E-state index is 12.5. The molecule has 0 bridgehead atoms. The third-order valence-electron chi connectivity index (χ3n) is 21.9. The van der Waals surface area contributed by atoms with Crippen LogP contribution in [0.3, 0.4) is 0 Å². The average Bonchev–Trinajstić information content (AvgIpc) is 1.82. The SMILES string of the molecule is CC/C=C\CC1C(=O)CCC1C(C)Cc1cccc2cccnc12.CC/C=C\CC1C(=O)CCC1CCc1cccc2cccnc12.CCCCCC1C(=O)CCC1C(C)(C)Cc1cccc2cccnc12.CCCCCC1C(=O)CCC1CCc1cccc2cccnc12. The van der Waals surface area contributed by atoms with Crippen LogP contribution in [0, 0.1) is 58.7 Å². The first-order valence-electron chi connectivity index (χ1n) is 37.0. The van der Waals surface area contributed by atoms with Gasteiger partial charge in [0.25, 0.3) is 0 Å². The molecule has 4 heterocycles. The zero-order valence-corrected chi connectivity index (χ0v) is 58.7. The molecule has 502 valence electrons. The van der Waals surface area contributed by atoms with Crippen molar-refractivity contribution in [1.29, 1.82) is 0 Å². The maximum absolute atomic E-state index is 12.5. The number of allylic oxidation sites excluding steroid dienone is 4. The number of hydrogen-bond acceptors (Lipinski definition) is 8. The molecule has 8 nitrogen and oxygen atoms in total. The molecule has 0 spiro atoms. The molecule has 0 N–H and O–H groups in total. The summed E-state index contributed by atoms with van der Waals surface area (Å²) in [5, 5.41) is 4.83. The first-order chi connectivity index (χ1) is 46.3. The van der Waals surface area contributed by atoms with E-state index in [-0.39, 0.29) is 23.2 Å². The summed E-state index contributed by atoms with van der Waals surface area (Å²) in [6.07, 6.45) is 43.3. The van der Waals surface area contributed by atoms with Crippen molar-refractivity contribution in [2.75, 3.05) is 0 Å². The molecule has 0 radical (unpaired) electrons. The van der Waals surface area contributed by atoms with E-state index in [1.807, 2.05) is 49.1 Å². The van der Waals surface area contributed by atoms with E-state index in [0.29, 0.717) is 58.6 Å². The number of Topliss-reactive ketones (excluding diaryl/α,β-unsaturated/α-hetero) is 4. The lowest BCUT2D eigenvalue weighted by Crippen LogP contribution is -2.31. The topological polar surface area (TPSA) is 120 Å². The fraction of sp³-hybridized carbons (Fsp3) is 0.494. The van der Waals surface area contributed by atoms with Crippen molar-refractivity contribution in [2.24, 2.45) is 58.7 Å². The van der Waals surface area contributed by atoms with Crippen LogP contribution in [-0.4, -0.2) is 43.1 Å². The second kappa shape index (κ2) is 36.7. The second-order valence-corrected chi connectivity index (χ2v) is 28.9. The third-order valence-corrected chi connectivity index (χ3v) is 21.9. The number of carbonyl (C=O) groups is 4. The molecule has 9 atom stereocenters. The summed E-state index contributed by atoms with van der Waals surface area (Å²) in [6.45, 7) is 15.7. The predicted octanol–water partition coefficient (Wildman–Crippen LogP) is 21.8. The van der Waals surface area contributed by atoms with Crippen molar-refractivity contribution < 1.29 is 19.2 Å². The van der Waals surface area contributed by atoms with Crippen molar-refractivity contribution in [3.63, 3.8) is 0 Å². The molecule has 4 fully saturated rings. The molecule has 0 amide bonds. The summed E-state index contributed by atoms with van der Waals surface area (Å²) in [5.41, 5.74) is 9.85. The van der Waals surface area contributed by atoms with Gasteiger partial charge in [-0.05, 0) is 184 Å². The number of benzene rings is 4. The Labute approximate surface area is 569 Å². The van der Waals surface area contributed by atoms with Crippen LogP contribution in [0.1, 0.15) is 212 Å². The largest absolute Gasteiger partial charge is 0.299 e. The molecule has 4 aliphatic rings. The van der Waals surface area contributed by atoms with Gasteiger partial charge in [-0.25, -0.2) is 0 Å². The second-order valence-electron chi connectivity index (χ2n) is 28.9. The van der Waals surface area contributed by atoms with Crippen LogP contribution in [0.15, 0.2) is 170 Å². The van der Waals surface area contributed by atoms with E-state index >= 15 is 0 Å². The van der Waals surface area contributed by atoms with Crippen LogP contribution >= 0.6 is 0 Å². The van der Waals surface area contributed by atoms with E-state index in [1.54, 1.807) is 0 Å². The monoisotopic (exact) mass is 1270 g/mol. The van der Waals surface area contributed by atoms with Gasteiger partial charge in [-0.15, -0.1) is 0 Å². The summed E-state index contributed by atoms with van der Waals surface area (Å²) in [7, 11) is 0. The van der Waals surface area contributed by atoms with Crippen LogP contribution in [0.2, 0.25) is 0 Å². The van der Waals surface area contributed by atoms with Crippen LogP contribution in [-0.2, 0) is 44.9 Å². The Morgan fingerprint density at radius 1 is 0.421 bits per heavy atom. The Morgan fingerprint density at radius 3 is 1.32 bits per heavy atom. The summed E-state index contributed by atoms with van der Waals surface area (Å²) < 4.78 is 0. The molecule has 8 heteroatoms. The summed E-state index contributed by atoms with van der Waals surface area (Å²) in [6, 6.07) is 42.2. The van der Waals surface area contributed by atoms with Crippen molar-refractivity contribution >= 4 is 66.7 Å². The van der Waals surface area contributed by atoms with Gasteiger partial charge in [0.2, 0.25) is 0 Å². The smallest absolute Gasteiger partial charge is 0.136 e. The van der Waals surface area contributed by atoms with Crippen molar-refractivity contribution in [1.82, 2.24) is 19.9 Å². The van der Waals surface area contributed by atoms with Crippen molar-refractivity contribution in [3.05, 3.63) is 193 Å². The lowest BCUT2D eigenvalue weighted by Gasteiger charge is -2.35. The maximum Gasteiger partial charge on any atom is 0.136 e. The molecule has 8 aromatic rings. The molecule has 4 aromatic carbocycles. The minimum absolute atomic E-state index is 0.120. The normalized spacial score (nSPS) is 21.6. The number of ketones is 4. The molecular formula is C87H110N4O4. The molecule has 0 saturated heterocycles. The lowest BCUT2D eigenvalue weighted by atomic mass is 9.68. The number of pyridine rings is 4. The predicted molar refractivity (Wildman–Crippen MR) is 395 cm³/mol. The molecule has 0 aliphatic heterocycles. The van der Waals surface area contributed by atoms with Crippen molar-refractivity contribution in [3.8, 4) is 0 Å². The van der Waals surface area contributed by atoms with Gasteiger partial charge in [0.15, 0.2) is 0 Å². The molecule has 4 saturated carbocycles. The van der Waals surface area contributed by atoms with E-state index < -0.39 is 0 Å². The van der Waals surface area contributed by atoms with Gasteiger partial charge < -0.3 is 0 Å². The fourth-order valence-corrected chi connectivity index (χ4v) is 16.7. The molecule has 9 unspecified atom stereocenters. The number of para-hydroxylation sites is 4. The van der Waals surface area contributed by atoms with Crippen LogP contribution in [0.5, 0.6) is 0 Å². The van der Waals surface area contributed by atoms with E-state index in [2.05, 4.69) is 190 Å². The first kappa shape index (κ1) is 72.0. The number of rotatable bonds is 26. The number of unbranched alkanes of at least 4 members (excludes halogenated alkanes) is 4. The summed E-state index contributed by atoms with van der Waals surface area (Å²) >= 11 is 0. The minimum atomic E-state index is 0.120. The van der Waals surface area contributed by atoms with E-state index in [9.17, 15) is 19.2 Å². The Hall–Kier alpha value is -7.32. The average molecular weight is 1280 g/mol. The zero-order chi connectivity index (χ0) is 66.9. The molecule has 95 heavy (non-hydrogen) atoms. The lowest BCUT2D eigenvalue weighted by molar-refractivity contribution is -0.122. The summed E-state index contributed by atoms with van der Waals surface area (Å²) in [5.74, 6) is 5.60. The van der Waals surface area contributed by atoms with Gasteiger partial charge >= 0.3 is 0 Å². The van der Waals surface area contributed by atoms with Gasteiger partial charge in [0, 0.05) is 95.7 Å². The van der Waals surface area contributed by atoms with Crippen LogP contribution < -0.4 is 0 Å². The Morgan fingerprint density at radius 2 is 0.811 bits per heavy atom. The standard InChI is InChI=1S/C23H31NO.C22H27NO.C21H27NO.C21H25NO/c1-4-5-6-12-19-20(13-14-21(19)25)23(2,3)16-18-10-7-9-17-11-8-15-24-22(17)18;1-3-4-5-11-20-19(12-13-21(20)24)16(2)15-18-9-6-8-17-10-7-14-23-22(17)18;2*1-2-3-4-10-19-16(13-14-20(19)23)11-12-18-8-5-7-17-9-6-15-22-21(17)18/h7-11,15,19-20H,4-6,12-14,16H2,1-3H3;4-10,14,16,19-20H,3,11-13,15H2,1-2H3;5-9,15-16,19H,2-4,10-14H2,1H3;3-9,15-16,19H,2,10-14H2,1H3/b;5-4-;;4-3-. The number of carbonyl (C=O) groups excluding carboxylic acids is 4. The molecule has 4 aliphatic carbocycles. The van der Waals surface area contributed by atoms with Gasteiger partial charge in [0.1, 0.15) is 23.1 Å². The number of aryl methyl sites for hydroxylation is 2. The minimum Gasteiger partial charge on any atom is -0.299 e. The first-order valence-corrected chi connectivity index (χ1v) is 37.0. The van der Waals surface area contributed by atoms with E-state index in [4.69, 9.17) is 0 Å². The number of nitrogens with zero attached hydrogens (tertiary/aromatic N) is 4. The molecule has 12 rings (SSSR count). The van der Waals surface area contributed by atoms with E-state index in [0.717, 1.165) is 150 Å². The number of aromatic nitrogens is 4. The number of fused-ring (bicyclic) bond motifs is 4. The van der Waals surface area contributed by atoms with Crippen LogP contribution in [0.4, 0.5) is 0 Å². The fourth-order valence-electron chi connectivity index (χ4n) is 16.7. The van der Waals surface area contributed by atoms with E-state index in [1.165, 1.54) is 82.3 Å². The molecular weight excluding hydrogens is 1160 g/mol. The van der Waals surface area contributed by atoms with Crippen LogP contribution in [0.25, 0.3) is 43.6 Å². The van der Waals surface area contributed by atoms with Gasteiger partial charge in [-0.1, -0.05) is 208 Å². The Bertz CT molecular complexity index is 3800.